The minimum atomic E-state index is -0.225. The van der Waals surface area contributed by atoms with Crippen LogP contribution in [-0.4, -0.2) is 42.2 Å². The number of thiophene rings is 1. The summed E-state index contributed by atoms with van der Waals surface area (Å²) in [6, 6.07) is 15.8. The summed E-state index contributed by atoms with van der Waals surface area (Å²) in [6.07, 6.45) is 1.78. The molecule has 4 aromatic rings. The zero-order chi connectivity index (χ0) is 23.5. The van der Waals surface area contributed by atoms with Crippen molar-refractivity contribution in [2.24, 2.45) is 0 Å². The van der Waals surface area contributed by atoms with Crippen molar-refractivity contribution in [1.29, 1.82) is 5.26 Å². The molecular weight excluding hydrogens is 448 g/mol. The Morgan fingerprint density at radius 3 is 2.68 bits per heavy atom. The maximum Gasteiger partial charge on any atom is 0.227 e. The maximum absolute atomic E-state index is 11.6. The lowest BCUT2D eigenvalue weighted by molar-refractivity contribution is -0.114. The van der Waals surface area contributed by atoms with Gasteiger partial charge in [-0.2, -0.15) is 5.26 Å². The topological polar surface area (TPSA) is 103 Å². The Bertz CT molecular complexity index is 1390. The highest BCUT2D eigenvalue weighted by molar-refractivity contribution is 7.17. The monoisotopic (exact) mass is 470 g/mol. The van der Waals surface area contributed by atoms with Crippen molar-refractivity contribution in [2.75, 3.05) is 41.8 Å². The van der Waals surface area contributed by atoms with Gasteiger partial charge >= 0.3 is 0 Å². The lowest BCUT2D eigenvalue weighted by Gasteiger charge is -2.28. The van der Waals surface area contributed by atoms with E-state index in [1.54, 1.807) is 12.3 Å². The average molecular weight is 471 g/mol. The molecule has 3 heterocycles. The first-order valence-electron chi connectivity index (χ1n) is 10.9. The van der Waals surface area contributed by atoms with Crippen molar-refractivity contribution >= 4 is 50.5 Å². The molecule has 0 aliphatic carbocycles. The molecule has 0 spiro atoms. The van der Waals surface area contributed by atoms with Gasteiger partial charge in [-0.3, -0.25) is 4.79 Å². The number of hydrogen-bond acceptors (Lipinski definition) is 8. The lowest BCUT2D eigenvalue weighted by atomic mass is 10.00. The van der Waals surface area contributed by atoms with Crippen molar-refractivity contribution in [3.8, 4) is 17.2 Å². The van der Waals surface area contributed by atoms with Crippen LogP contribution in [0.2, 0.25) is 0 Å². The summed E-state index contributed by atoms with van der Waals surface area (Å²) in [5, 5.41) is 17.8. The molecule has 1 aliphatic heterocycles. The van der Waals surface area contributed by atoms with Gasteiger partial charge in [0, 0.05) is 47.9 Å². The second-order valence-electron chi connectivity index (χ2n) is 7.85. The van der Waals surface area contributed by atoms with Crippen LogP contribution in [0.1, 0.15) is 12.5 Å². The molecule has 0 radical (unpaired) electrons. The third-order valence-corrected chi connectivity index (χ3v) is 6.50. The molecule has 1 aliphatic rings. The molecular formula is C25H22N6O2S. The van der Waals surface area contributed by atoms with E-state index in [1.807, 2.05) is 29.6 Å². The highest BCUT2D eigenvalue weighted by Crippen LogP contribution is 2.37. The summed E-state index contributed by atoms with van der Waals surface area (Å²) in [4.78, 5) is 23.1. The van der Waals surface area contributed by atoms with Gasteiger partial charge in [0.15, 0.2) is 0 Å². The molecule has 0 bridgehead atoms. The molecule has 2 N–H and O–H groups in total. The summed E-state index contributed by atoms with van der Waals surface area (Å²) in [5.74, 6) is 0.250. The predicted molar refractivity (Wildman–Crippen MR) is 135 cm³/mol. The first-order valence-corrected chi connectivity index (χ1v) is 11.8. The van der Waals surface area contributed by atoms with Crippen molar-refractivity contribution in [2.45, 2.75) is 6.92 Å². The number of carbonyl (C=O) groups excluding carboxylic acids is 1. The Morgan fingerprint density at radius 2 is 1.94 bits per heavy atom. The predicted octanol–water partition coefficient (Wildman–Crippen LogP) is 4.77. The van der Waals surface area contributed by atoms with E-state index in [4.69, 9.17) is 9.72 Å². The van der Waals surface area contributed by atoms with Crippen LogP contribution in [0.25, 0.3) is 21.3 Å². The standard InChI is InChI=1S/C25H22N6O2S/c1-16(32)28-22-4-2-3-19(20(22)13-26)21-15-34-23-14-27-25(30-24(21)23)29-17-5-7-18(8-6-17)31-9-11-33-12-10-31/h2-8,14-15H,9-12H2,1H3,(H,28,32)(H,27,29,30). The number of nitrogens with one attached hydrogen (secondary N) is 2. The largest absolute Gasteiger partial charge is 0.378 e. The van der Waals surface area contributed by atoms with E-state index in [-0.39, 0.29) is 5.91 Å². The number of aromatic nitrogens is 2. The average Bonchev–Trinajstić information content (AvgIpc) is 3.28. The van der Waals surface area contributed by atoms with Crippen LogP contribution in [-0.2, 0) is 9.53 Å². The van der Waals surface area contributed by atoms with Gasteiger partial charge in [0.2, 0.25) is 11.9 Å². The number of anilines is 4. The van der Waals surface area contributed by atoms with Crippen LogP contribution in [0.5, 0.6) is 0 Å². The highest BCUT2D eigenvalue weighted by Gasteiger charge is 2.16. The number of benzene rings is 2. The fourth-order valence-electron chi connectivity index (χ4n) is 3.98. The summed E-state index contributed by atoms with van der Waals surface area (Å²) in [6.45, 7) is 4.70. The second kappa shape index (κ2) is 9.47. The molecule has 9 heteroatoms. The Hall–Kier alpha value is -4.00. The highest BCUT2D eigenvalue weighted by atomic mass is 32.1. The number of hydrogen-bond donors (Lipinski definition) is 2. The second-order valence-corrected chi connectivity index (χ2v) is 8.76. The summed E-state index contributed by atoms with van der Waals surface area (Å²) < 4.78 is 6.34. The molecule has 5 rings (SSSR count). The number of ether oxygens (including phenoxy) is 1. The molecule has 2 aromatic carbocycles. The zero-order valence-corrected chi connectivity index (χ0v) is 19.4. The molecule has 0 saturated carbocycles. The molecule has 1 saturated heterocycles. The van der Waals surface area contributed by atoms with E-state index >= 15 is 0 Å². The lowest BCUT2D eigenvalue weighted by Crippen LogP contribution is -2.36. The molecule has 34 heavy (non-hydrogen) atoms. The number of morpholine rings is 1. The zero-order valence-electron chi connectivity index (χ0n) is 18.5. The summed E-state index contributed by atoms with van der Waals surface area (Å²) in [7, 11) is 0. The molecule has 170 valence electrons. The third-order valence-electron chi connectivity index (χ3n) is 5.59. The minimum Gasteiger partial charge on any atom is -0.378 e. The van der Waals surface area contributed by atoms with Gasteiger partial charge in [-0.15, -0.1) is 11.3 Å². The van der Waals surface area contributed by atoms with E-state index in [1.165, 1.54) is 18.3 Å². The fourth-order valence-corrected chi connectivity index (χ4v) is 4.84. The van der Waals surface area contributed by atoms with Crippen molar-refractivity contribution in [3.05, 3.63) is 59.6 Å². The summed E-state index contributed by atoms with van der Waals surface area (Å²) in [5.41, 5.74) is 5.25. The SMILES string of the molecule is CC(=O)Nc1cccc(-c2csc3cnc(Nc4ccc(N5CCOCC5)cc4)nc23)c1C#N. The van der Waals surface area contributed by atoms with Crippen LogP contribution in [0.15, 0.2) is 54.0 Å². The first-order chi connectivity index (χ1) is 16.6. The molecule has 2 aromatic heterocycles. The summed E-state index contributed by atoms with van der Waals surface area (Å²) >= 11 is 1.52. The Labute approximate surface area is 200 Å². The van der Waals surface area contributed by atoms with Gasteiger partial charge in [0.05, 0.1) is 40.9 Å². The van der Waals surface area contributed by atoms with Gasteiger partial charge in [-0.05, 0) is 30.3 Å². The van der Waals surface area contributed by atoms with Crippen molar-refractivity contribution < 1.29 is 9.53 Å². The van der Waals surface area contributed by atoms with E-state index < -0.39 is 0 Å². The van der Waals surface area contributed by atoms with Gasteiger partial charge in [-0.25, -0.2) is 9.97 Å². The van der Waals surface area contributed by atoms with E-state index in [0.29, 0.717) is 17.2 Å². The van der Waals surface area contributed by atoms with Crippen LogP contribution >= 0.6 is 11.3 Å². The minimum absolute atomic E-state index is 0.225. The van der Waals surface area contributed by atoms with Crippen molar-refractivity contribution in [3.63, 3.8) is 0 Å². The molecule has 0 unspecified atom stereocenters. The van der Waals surface area contributed by atoms with Crippen LogP contribution in [0.4, 0.5) is 23.0 Å². The third kappa shape index (κ3) is 4.41. The normalized spacial score (nSPS) is 13.5. The smallest absolute Gasteiger partial charge is 0.227 e. The molecule has 1 fully saturated rings. The number of nitrogens with zero attached hydrogens (tertiary/aromatic N) is 4. The van der Waals surface area contributed by atoms with Gasteiger partial charge < -0.3 is 20.3 Å². The molecule has 8 nitrogen and oxygen atoms in total. The number of amides is 1. The van der Waals surface area contributed by atoms with E-state index in [0.717, 1.165) is 59.0 Å². The van der Waals surface area contributed by atoms with Crippen LogP contribution in [0.3, 0.4) is 0 Å². The molecule has 1 amide bonds. The first kappa shape index (κ1) is 21.8. The maximum atomic E-state index is 11.6. The number of fused-ring (bicyclic) bond motifs is 1. The Balaban J connectivity index is 1.44. The number of rotatable bonds is 5. The van der Waals surface area contributed by atoms with Crippen LogP contribution < -0.4 is 15.5 Å². The fraction of sp³-hybridized carbons (Fsp3) is 0.200. The van der Waals surface area contributed by atoms with Crippen LogP contribution in [0, 0.1) is 11.3 Å². The Morgan fingerprint density at radius 1 is 1.15 bits per heavy atom. The van der Waals surface area contributed by atoms with E-state index in [9.17, 15) is 10.1 Å². The number of nitriles is 1. The quantitative estimate of drug-likeness (QED) is 0.433. The molecule has 0 atom stereocenters. The van der Waals surface area contributed by atoms with Gasteiger partial charge in [-0.1, -0.05) is 12.1 Å². The van der Waals surface area contributed by atoms with E-state index in [2.05, 4.69) is 38.7 Å². The Kier molecular flexibility index (Phi) is 6.08. The van der Waals surface area contributed by atoms with Gasteiger partial charge in [0.25, 0.3) is 0 Å². The van der Waals surface area contributed by atoms with Crippen molar-refractivity contribution in [1.82, 2.24) is 9.97 Å². The van der Waals surface area contributed by atoms with Gasteiger partial charge in [0.1, 0.15) is 6.07 Å². The number of carbonyl (C=O) groups is 1.